The van der Waals surface area contributed by atoms with Crippen LogP contribution in [-0.4, -0.2) is 78.2 Å². The third-order valence-electron chi connectivity index (χ3n) is 9.36. The van der Waals surface area contributed by atoms with E-state index in [-0.39, 0.29) is 47.6 Å². The molecule has 0 bridgehead atoms. The minimum absolute atomic E-state index is 0.00224. The summed E-state index contributed by atoms with van der Waals surface area (Å²) in [4.78, 5) is 13.5. The van der Waals surface area contributed by atoms with Gasteiger partial charge in [0.2, 0.25) is 5.76 Å². The molecule has 0 unspecified atom stereocenters. The van der Waals surface area contributed by atoms with E-state index in [1.54, 1.807) is 13.2 Å². The number of hydrogen-bond acceptors (Lipinski definition) is 8. The standard InChI is InChI=1S/C35H58O8/c1-19(2)33-24(7)27(36)18-29(42-33)25(8)32(38)26(9)34-28(40-10)14-12-13-20(3)15-22(5)31(37)23(6)16-21(4)17-30(41-11)35(39)43-34/h12-14,16-17,19,22-29,31-34,36-38H,15,18H2,1-11H3/t22-,23-,24+,25-,26+,27-,28+,29-,31-,32+,33-,34-/m1/s1. The predicted molar refractivity (Wildman–Crippen MR) is 169 cm³/mol. The van der Waals surface area contributed by atoms with Gasteiger partial charge in [-0.05, 0) is 38.2 Å². The van der Waals surface area contributed by atoms with Gasteiger partial charge in [-0.3, -0.25) is 0 Å². The number of rotatable bonds is 7. The van der Waals surface area contributed by atoms with Crippen molar-refractivity contribution in [2.75, 3.05) is 14.2 Å². The Morgan fingerprint density at radius 2 is 1.65 bits per heavy atom. The van der Waals surface area contributed by atoms with Crippen LogP contribution in [0.2, 0.25) is 0 Å². The van der Waals surface area contributed by atoms with Crippen molar-refractivity contribution in [1.29, 1.82) is 0 Å². The van der Waals surface area contributed by atoms with Crippen LogP contribution < -0.4 is 0 Å². The van der Waals surface area contributed by atoms with Crippen molar-refractivity contribution in [3.05, 3.63) is 47.3 Å². The Kier molecular flexibility index (Phi) is 14.6. The summed E-state index contributed by atoms with van der Waals surface area (Å²) in [5, 5.41) is 33.4. The maximum absolute atomic E-state index is 13.5. The summed E-state index contributed by atoms with van der Waals surface area (Å²) in [6.45, 7) is 17.8. The maximum Gasteiger partial charge on any atom is 0.373 e. The number of ether oxygens (including phenoxy) is 4. The minimum atomic E-state index is -0.926. The predicted octanol–water partition coefficient (Wildman–Crippen LogP) is 5.37. The average Bonchev–Trinajstić information content (AvgIpc) is 2.95. The van der Waals surface area contributed by atoms with E-state index in [1.807, 2.05) is 72.8 Å². The fourth-order valence-corrected chi connectivity index (χ4v) is 6.54. The third kappa shape index (κ3) is 10.0. The van der Waals surface area contributed by atoms with E-state index >= 15 is 0 Å². The zero-order valence-electron chi connectivity index (χ0n) is 28.2. The van der Waals surface area contributed by atoms with Gasteiger partial charge in [-0.2, -0.15) is 0 Å². The van der Waals surface area contributed by atoms with E-state index in [0.29, 0.717) is 12.8 Å². The lowest BCUT2D eigenvalue weighted by molar-refractivity contribution is -0.184. The number of aliphatic hydroxyl groups is 3. The molecular formula is C35H58O8. The Morgan fingerprint density at radius 1 is 1.00 bits per heavy atom. The van der Waals surface area contributed by atoms with Crippen LogP contribution in [0.5, 0.6) is 0 Å². The highest BCUT2D eigenvalue weighted by Gasteiger charge is 2.43. The first-order valence-corrected chi connectivity index (χ1v) is 15.8. The quantitative estimate of drug-likeness (QED) is 0.332. The van der Waals surface area contributed by atoms with Crippen LogP contribution >= 0.6 is 0 Å². The van der Waals surface area contributed by atoms with Gasteiger partial charge in [0.1, 0.15) is 12.2 Å². The van der Waals surface area contributed by atoms with E-state index in [9.17, 15) is 20.1 Å². The number of cyclic esters (lactones) is 1. The second kappa shape index (κ2) is 16.9. The van der Waals surface area contributed by atoms with Crippen molar-refractivity contribution in [2.24, 2.45) is 35.5 Å². The normalized spacial score (nSPS) is 35.7. The van der Waals surface area contributed by atoms with E-state index in [4.69, 9.17) is 18.9 Å². The summed E-state index contributed by atoms with van der Waals surface area (Å²) >= 11 is 0. The molecule has 0 amide bonds. The SMILES string of the molecule is COC1=CC(C)=C[C@@H](C)[C@H](O)[C@H](C)CC(C)=CC=C[C@H](OC)[C@@H]([C@@H](C)[C@@H](O)[C@H](C)[C@H]2C[C@@H](O)[C@H](C)[C@@H](C(C)C)O2)OC1=O. The number of esters is 1. The largest absolute Gasteiger partial charge is 0.490 e. The molecule has 0 saturated carbocycles. The molecule has 1 saturated heterocycles. The summed E-state index contributed by atoms with van der Waals surface area (Å²) in [6, 6.07) is 0. The molecule has 2 rings (SSSR count). The van der Waals surface area contributed by atoms with Crippen molar-refractivity contribution in [1.82, 2.24) is 0 Å². The number of hydrogen-bond donors (Lipinski definition) is 3. The third-order valence-corrected chi connectivity index (χ3v) is 9.36. The molecule has 246 valence electrons. The molecule has 0 aromatic rings. The summed E-state index contributed by atoms with van der Waals surface area (Å²) in [7, 11) is 2.95. The van der Waals surface area contributed by atoms with E-state index < -0.39 is 42.4 Å². The Morgan fingerprint density at radius 3 is 2.23 bits per heavy atom. The molecule has 2 aliphatic heterocycles. The Labute approximate surface area is 259 Å². The van der Waals surface area contributed by atoms with Gasteiger partial charge in [0.05, 0.1) is 37.6 Å². The van der Waals surface area contributed by atoms with Crippen LogP contribution in [0.3, 0.4) is 0 Å². The lowest BCUT2D eigenvalue weighted by Gasteiger charge is -2.44. The number of carbonyl (C=O) groups excluding carboxylic acids is 1. The number of carbonyl (C=O) groups is 1. The molecule has 0 aromatic heterocycles. The van der Waals surface area contributed by atoms with Crippen LogP contribution in [-0.2, 0) is 23.7 Å². The highest BCUT2D eigenvalue weighted by molar-refractivity contribution is 5.87. The van der Waals surface area contributed by atoms with Crippen LogP contribution in [0.1, 0.15) is 75.2 Å². The van der Waals surface area contributed by atoms with E-state index in [1.165, 1.54) is 7.11 Å². The molecule has 8 heteroatoms. The molecule has 1 fully saturated rings. The Hall–Kier alpha value is -1.97. The zero-order chi connectivity index (χ0) is 32.6. The van der Waals surface area contributed by atoms with Crippen molar-refractivity contribution in [2.45, 2.75) is 118 Å². The van der Waals surface area contributed by atoms with Crippen LogP contribution in [0.4, 0.5) is 0 Å². The molecule has 0 spiro atoms. The van der Waals surface area contributed by atoms with Gasteiger partial charge in [0.15, 0.2) is 0 Å². The summed E-state index contributed by atoms with van der Waals surface area (Å²) in [6.07, 6.45) is 6.31. The van der Waals surface area contributed by atoms with Gasteiger partial charge in [-0.15, -0.1) is 0 Å². The van der Waals surface area contributed by atoms with Crippen molar-refractivity contribution < 1.29 is 39.1 Å². The van der Waals surface area contributed by atoms with Crippen molar-refractivity contribution >= 4 is 5.97 Å². The van der Waals surface area contributed by atoms with Crippen LogP contribution in [0, 0.1) is 35.5 Å². The topological polar surface area (TPSA) is 115 Å². The molecule has 43 heavy (non-hydrogen) atoms. The number of allylic oxidation sites excluding steroid dienone is 5. The molecule has 0 aliphatic carbocycles. The summed E-state index contributed by atoms with van der Waals surface area (Å²) in [5.41, 5.74) is 1.85. The smallest absolute Gasteiger partial charge is 0.373 e. The zero-order valence-corrected chi connectivity index (χ0v) is 28.2. The Balaban J connectivity index is 2.47. The first kappa shape index (κ1) is 37.2. The molecule has 2 aliphatic rings. The molecule has 12 atom stereocenters. The monoisotopic (exact) mass is 606 g/mol. The van der Waals surface area contributed by atoms with Gasteiger partial charge in [-0.1, -0.05) is 83.9 Å². The van der Waals surface area contributed by atoms with Gasteiger partial charge >= 0.3 is 5.97 Å². The van der Waals surface area contributed by atoms with Crippen LogP contribution in [0.15, 0.2) is 47.3 Å². The van der Waals surface area contributed by atoms with E-state index in [0.717, 1.165) is 11.1 Å². The molecular weight excluding hydrogens is 548 g/mol. The van der Waals surface area contributed by atoms with Crippen molar-refractivity contribution in [3.63, 3.8) is 0 Å². The first-order valence-electron chi connectivity index (χ1n) is 15.8. The molecule has 8 nitrogen and oxygen atoms in total. The van der Waals surface area contributed by atoms with Gasteiger partial charge in [0.25, 0.3) is 0 Å². The lowest BCUT2D eigenvalue weighted by atomic mass is 9.78. The highest BCUT2D eigenvalue weighted by Crippen LogP contribution is 2.36. The lowest BCUT2D eigenvalue weighted by Crippen LogP contribution is -2.51. The van der Waals surface area contributed by atoms with Gasteiger partial charge in [-0.25, -0.2) is 4.79 Å². The van der Waals surface area contributed by atoms with Crippen molar-refractivity contribution in [3.8, 4) is 0 Å². The van der Waals surface area contributed by atoms with E-state index in [2.05, 4.69) is 13.8 Å². The molecule has 2 heterocycles. The highest BCUT2D eigenvalue weighted by atomic mass is 16.6. The minimum Gasteiger partial charge on any atom is -0.490 e. The summed E-state index contributed by atoms with van der Waals surface area (Å²) < 4.78 is 23.8. The second-order valence-corrected chi connectivity index (χ2v) is 13.4. The average molecular weight is 607 g/mol. The number of aliphatic hydroxyl groups excluding tert-OH is 3. The van der Waals surface area contributed by atoms with Gasteiger partial charge in [0, 0.05) is 37.2 Å². The molecule has 3 N–H and O–H groups in total. The molecule has 0 aromatic carbocycles. The fourth-order valence-electron chi connectivity index (χ4n) is 6.54. The second-order valence-electron chi connectivity index (χ2n) is 13.4. The summed E-state index contributed by atoms with van der Waals surface area (Å²) in [5.74, 6) is -1.48. The van der Waals surface area contributed by atoms with Gasteiger partial charge < -0.3 is 34.3 Å². The molecule has 0 radical (unpaired) electrons. The fraction of sp³-hybridized carbons (Fsp3) is 0.743. The Bertz CT molecular complexity index is 1010. The first-order chi connectivity index (χ1) is 20.1. The number of methoxy groups -OCH3 is 2. The van der Waals surface area contributed by atoms with Crippen LogP contribution in [0.25, 0.3) is 0 Å². The maximum atomic E-state index is 13.5.